The van der Waals surface area contributed by atoms with Gasteiger partial charge in [0.1, 0.15) is 16.9 Å². The summed E-state index contributed by atoms with van der Waals surface area (Å²) in [5, 5.41) is 2.48. The molecule has 1 aliphatic carbocycles. The van der Waals surface area contributed by atoms with E-state index < -0.39 is 35.2 Å². The Morgan fingerprint density at radius 3 is 2.25 bits per heavy atom. The van der Waals surface area contributed by atoms with Gasteiger partial charge >= 0.3 is 12.1 Å². The number of barbiturate groups is 1. The summed E-state index contributed by atoms with van der Waals surface area (Å²) in [7, 11) is 0. The first kappa shape index (κ1) is 25.9. The Morgan fingerprint density at radius 1 is 1.03 bits per heavy atom. The monoisotopic (exact) mass is 504 g/mol. The molecule has 12 heteroatoms. The summed E-state index contributed by atoms with van der Waals surface area (Å²) in [5.74, 6) is -2.16. The number of amides is 7. The number of nitrogens with one attached hydrogen (secondary N) is 1. The van der Waals surface area contributed by atoms with Crippen LogP contribution >= 0.6 is 0 Å². The first-order valence-electron chi connectivity index (χ1n) is 12.7. The van der Waals surface area contributed by atoms with Crippen molar-refractivity contribution in [2.24, 2.45) is 16.9 Å². The third kappa shape index (κ3) is 4.31. The minimum absolute atomic E-state index is 0.184. The maximum atomic E-state index is 13.2. The number of rotatable bonds is 6. The average molecular weight is 505 g/mol. The van der Waals surface area contributed by atoms with E-state index in [4.69, 9.17) is 16.2 Å². The van der Waals surface area contributed by atoms with Gasteiger partial charge in [0.2, 0.25) is 0 Å². The van der Waals surface area contributed by atoms with Crippen LogP contribution in [0.2, 0.25) is 0 Å². The molecule has 5 N–H and O–H groups in total. The van der Waals surface area contributed by atoms with Crippen LogP contribution in [0.25, 0.3) is 0 Å². The maximum Gasteiger partial charge on any atom is 0.334 e. The maximum absolute atomic E-state index is 13.2. The molecular weight excluding hydrogens is 468 g/mol. The average Bonchev–Trinajstić information content (AvgIpc) is 3.04. The van der Waals surface area contributed by atoms with E-state index in [9.17, 15) is 24.0 Å². The zero-order chi connectivity index (χ0) is 26.3. The summed E-state index contributed by atoms with van der Waals surface area (Å²) in [6.45, 7) is 5.41. The number of carbonyl (C=O) groups excluding carboxylic acids is 5. The van der Waals surface area contributed by atoms with Crippen LogP contribution < -0.4 is 16.8 Å². The predicted octanol–water partition coefficient (Wildman–Crippen LogP) is 0.756. The van der Waals surface area contributed by atoms with Crippen LogP contribution in [0.4, 0.5) is 9.59 Å². The van der Waals surface area contributed by atoms with Crippen LogP contribution in [-0.2, 0) is 19.1 Å². The molecule has 1 spiro atoms. The zero-order valence-corrected chi connectivity index (χ0v) is 21.0. The van der Waals surface area contributed by atoms with E-state index in [2.05, 4.69) is 12.2 Å². The SMILES string of the molecule is CCCCN1C(=O)C(=C(N)N)C(=O)N(C2CCC(C)(CN3C(=O)NC(=O)C34CCOCC4)CC2)C1=O. The topological polar surface area (TPSA) is 168 Å². The number of hydrogen-bond donors (Lipinski definition) is 3. The highest BCUT2D eigenvalue weighted by Gasteiger charge is 2.55. The Bertz CT molecular complexity index is 991. The van der Waals surface area contributed by atoms with Crippen molar-refractivity contribution in [1.29, 1.82) is 0 Å². The normalized spacial score (nSPS) is 28.8. The van der Waals surface area contributed by atoms with Crippen LogP contribution in [0.15, 0.2) is 11.4 Å². The molecule has 0 radical (unpaired) electrons. The van der Waals surface area contributed by atoms with Gasteiger partial charge in [-0.25, -0.2) is 9.59 Å². The lowest BCUT2D eigenvalue weighted by Crippen LogP contribution is -2.61. The molecule has 3 aliphatic heterocycles. The molecule has 3 heterocycles. The fraction of sp³-hybridized carbons (Fsp3) is 0.708. The van der Waals surface area contributed by atoms with Crippen molar-refractivity contribution in [3.05, 3.63) is 11.4 Å². The van der Waals surface area contributed by atoms with Gasteiger partial charge in [-0.1, -0.05) is 20.3 Å². The lowest BCUT2D eigenvalue weighted by Gasteiger charge is -2.47. The molecule has 0 aromatic heterocycles. The van der Waals surface area contributed by atoms with Crippen LogP contribution in [-0.4, -0.2) is 82.4 Å². The number of imide groups is 3. The summed E-state index contributed by atoms with van der Waals surface area (Å²) in [6.07, 6.45) is 4.53. The van der Waals surface area contributed by atoms with Crippen molar-refractivity contribution in [3.63, 3.8) is 0 Å². The van der Waals surface area contributed by atoms with E-state index in [1.807, 2.05) is 6.92 Å². The van der Waals surface area contributed by atoms with Gasteiger partial charge in [0, 0.05) is 45.2 Å². The van der Waals surface area contributed by atoms with Gasteiger partial charge in [0.15, 0.2) is 0 Å². The standard InChI is InChI=1S/C24H36N6O6/c1-3-4-11-28-18(31)16(17(25)26)19(32)30(22(28)35)15-5-7-23(2,8-6-15)14-29-21(34)27-20(33)24(29)9-12-36-13-10-24/h15H,3-14,25-26H2,1-2H3,(H,27,33,34). The third-order valence-corrected chi connectivity index (χ3v) is 8.14. The summed E-state index contributed by atoms with van der Waals surface area (Å²) >= 11 is 0. The number of unbranched alkanes of at least 4 members (excludes halogenated alkanes) is 1. The first-order chi connectivity index (χ1) is 17.0. The molecule has 3 saturated heterocycles. The van der Waals surface area contributed by atoms with Gasteiger partial charge in [-0.3, -0.25) is 29.5 Å². The second-order valence-electron chi connectivity index (χ2n) is 10.6. The highest BCUT2D eigenvalue weighted by atomic mass is 16.5. The molecule has 4 rings (SSSR count). The molecule has 1 saturated carbocycles. The molecule has 4 fully saturated rings. The van der Waals surface area contributed by atoms with E-state index in [0.717, 1.165) is 16.2 Å². The van der Waals surface area contributed by atoms with E-state index >= 15 is 0 Å². The molecule has 36 heavy (non-hydrogen) atoms. The van der Waals surface area contributed by atoms with Crippen LogP contribution in [0.1, 0.15) is 65.2 Å². The van der Waals surface area contributed by atoms with E-state index in [1.54, 1.807) is 4.90 Å². The number of ether oxygens (including phenoxy) is 1. The molecule has 198 valence electrons. The van der Waals surface area contributed by atoms with Crippen molar-refractivity contribution in [2.45, 2.75) is 76.8 Å². The predicted molar refractivity (Wildman–Crippen MR) is 128 cm³/mol. The summed E-state index contributed by atoms with van der Waals surface area (Å²) in [4.78, 5) is 68.4. The van der Waals surface area contributed by atoms with Gasteiger partial charge in [-0.05, 0) is 37.5 Å². The number of nitrogens with zero attached hydrogens (tertiary/aromatic N) is 3. The largest absolute Gasteiger partial charge is 0.385 e. The second kappa shape index (κ2) is 9.72. The van der Waals surface area contributed by atoms with Crippen molar-refractivity contribution in [2.75, 3.05) is 26.3 Å². The Balaban J connectivity index is 1.50. The molecule has 0 atom stereocenters. The minimum atomic E-state index is -0.882. The second-order valence-corrected chi connectivity index (χ2v) is 10.6. The fourth-order valence-corrected chi connectivity index (χ4v) is 5.86. The molecule has 0 bridgehead atoms. The Hall–Kier alpha value is -3.15. The highest BCUT2D eigenvalue weighted by molar-refractivity contribution is 6.29. The molecule has 0 unspecified atom stereocenters. The van der Waals surface area contributed by atoms with Gasteiger partial charge < -0.3 is 21.1 Å². The van der Waals surface area contributed by atoms with Crippen molar-refractivity contribution >= 4 is 29.8 Å². The number of hydrogen-bond acceptors (Lipinski definition) is 8. The quantitative estimate of drug-likeness (QED) is 0.270. The molecular formula is C24H36N6O6. The smallest absolute Gasteiger partial charge is 0.334 e. The fourth-order valence-electron chi connectivity index (χ4n) is 5.86. The Labute approximate surface area is 210 Å². The molecule has 12 nitrogen and oxygen atoms in total. The third-order valence-electron chi connectivity index (χ3n) is 8.14. The lowest BCUT2D eigenvalue weighted by atomic mass is 9.72. The number of urea groups is 2. The van der Waals surface area contributed by atoms with Crippen LogP contribution in [0.5, 0.6) is 0 Å². The molecule has 0 aromatic carbocycles. The minimum Gasteiger partial charge on any atom is -0.385 e. The van der Waals surface area contributed by atoms with Crippen molar-refractivity contribution < 1.29 is 28.7 Å². The van der Waals surface area contributed by atoms with E-state index in [-0.39, 0.29) is 29.5 Å². The zero-order valence-electron chi connectivity index (χ0n) is 21.0. The van der Waals surface area contributed by atoms with Crippen molar-refractivity contribution in [3.8, 4) is 0 Å². The summed E-state index contributed by atoms with van der Waals surface area (Å²) < 4.78 is 5.43. The van der Waals surface area contributed by atoms with Gasteiger partial charge in [-0.2, -0.15) is 0 Å². The number of carbonyl (C=O) groups is 5. The van der Waals surface area contributed by atoms with E-state index in [0.29, 0.717) is 64.7 Å². The van der Waals surface area contributed by atoms with Crippen LogP contribution in [0, 0.1) is 5.41 Å². The number of nitrogens with two attached hydrogens (primary N) is 2. The lowest BCUT2D eigenvalue weighted by molar-refractivity contribution is -0.138. The highest BCUT2D eigenvalue weighted by Crippen LogP contribution is 2.43. The molecule has 7 amide bonds. The van der Waals surface area contributed by atoms with Gasteiger partial charge in [0.25, 0.3) is 17.7 Å². The molecule has 0 aromatic rings. The summed E-state index contributed by atoms with van der Waals surface area (Å²) in [6, 6.07) is -1.44. The van der Waals surface area contributed by atoms with Crippen LogP contribution in [0.3, 0.4) is 0 Å². The van der Waals surface area contributed by atoms with Gasteiger partial charge in [-0.15, -0.1) is 0 Å². The molecule has 4 aliphatic rings. The van der Waals surface area contributed by atoms with Gasteiger partial charge in [0.05, 0.1) is 0 Å². The van der Waals surface area contributed by atoms with Crippen molar-refractivity contribution in [1.82, 2.24) is 20.0 Å². The Morgan fingerprint density at radius 2 is 1.67 bits per heavy atom. The Kier molecular flexibility index (Phi) is 7.00. The first-order valence-corrected chi connectivity index (χ1v) is 12.7. The summed E-state index contributed by atoms with van der Waals surface area (Å²) in [5.41, 5.74) is 9.80. The van der Waals surface area contributed by atoms with E-state index in [1.165, 1.54) is 0 Å².